The lowest BCUT2D eigenvalue weighted by atomic mass is 10.1. The highest BCUT2D eigenvalue weighted by Gasteiger charge is 2.26. The van der Waals surface area contributed by atoms with E-state index in [0.717, 1.165) is 10.6 Å². The fourth-order valence-corrected chi connectivity index (χ4v) is 4.02. The standard InChI is InChI=1S/C21H18FN3O2S/c22-17-8-6-16(7-9-17)20(26)24-10-12-25(13-11-24)21(27)18-14-23-19(28-18)15-4-2-1-3-5-15/h1-9,14H,10-13H2. The predicted molar refractivity (Wildman–Crippen MR) is 106 cm³/mol. The van der Waals surface area contributed by atoms with E-state index in [2.05, 4.69) is 4.98 Å². The van der Waals surface area contributed by atoms with E-state index in [9.17, 15) is 14.0 Å². The van der Waals surface area contributed by atoms with Crippen molar-refractivity contribution in [1.29, 1.82) is 0 Å². The van der Waals surface area contributed by atoms with Gasteiger partial charge < -0.3 is 9.80 Å². The zero-order valence-corrected chi connectivity index (χ0v) is 15.9. The van der Waals surface area contributed by atoms with Gasteiger partial charge in [-0.05, 0) is 24.3 Å². The Labute approximate surface area is 166 Å². The summed E-state index contributed by atoms with van der Waals surface area (Å²) in [6, 6.07) is 15.3. The van der Waals surface area contributed by atoms with Crippen LogP contribution in [0.3, 0.4) is 0 Å². The van der Waals surface area contributed by atoms with Gasteiger partial charge in [-0.25, -0.2) is 9.37 Å². The van der Waals surface area contributed by atoms with E-state index < -0.39 is 0 Å². The van der Waals surface area contributed by atoms with Crippen molar-refractivity contribution in [3.05, 3.63) is 77.1 Å². The molecular formula is C21H18FN3O2S. The van der Waals surface area contributed by atoms with Gasteiger partial charge in [0.25, 0.3) is 11.8 Å². The van der Waals surface area contributed by atoms with Crippen LogP contribution in [0, 0.1) is 5.82 Å². The highest BCUT2D eigenvalue weighted by atomic mass is 32.1. The number of thiazole rings is 1. The fourth-order valence-electron chi connectivity index (χ4n) is 3.13. The number of nitrogens with zero attached hydrogens (tertiary/aromatic N) is 3. The molecule has 2 aromatic carbocycles. The topological polar surface area (TPSA) is 53.5 Å². The molecule has 0 spiro atoms. The maximum Gasteiger partial charge on any atom is 0.265 e. The van der Waals surface area contributed by atoms with E-state index in [1.54, 1.807) is 16.0 Å². The lowest BCUT2D eigenvalue weighted by Gasteiger charge is -2.34. The summed E-state index contributed by atoms with van der Waals surface area (Å²) >= 11 is 1.37. The van der Waals surface area contributed by atoms with E-state index >= 15 is 0 Å². The molecule has 0 radical (unpaired) electrons. The van der Waals surface area contributed by atoms with Gasteiger partial charge in [0, 0.05) is 37.3 Å². The van der Waals surface area contributed by atoms with Crippen LogP contribution in [-0.2, 0) is 0 Å². The number of halogens is 1. The molecule has 5 nitrogen and oxygen atoms in total. The molecule has 0 aliphatic carbocycles. The van der Waals surface area contributed by atoms with E-state index in [1.807, 2.05) is 30.3 Å². The Kier molecular flexibility index (Phi) is 5.16. The van der Waals surface area contributed by atoms with Crippen molar-refractivity contribution in [1.82, 2.24) is 14.8 Å². The van der Waals surface area contributed by atoms with Crippen LogP contribution in [0.4, 0.5) is 4.39 Å². The molecule has 4 rings (SSSR count). The molecule has 1 aliphatic rings. The molecule has 1 fully saturated rings. The van der Waals surface area contributed by atoms with Gasteiger partial charge in [0.2, 0.25) is 0 Å². The molecule has 0 unspecified atom stereocenters. The summed E-state index contributed by atoms with van der Waals surface area (Å²) in [5.41, 5.74) is 1.44. The lowest BCUT2D eigenvalue weighted by molar-refractivity contribution is 0.0538. The lowest BCUT2D eigenvalue weighted by Crippen LogP contribution is -2.50. The minimum Gasteiger partial charge on any atom is -0.335 e. The minimum atomic E-state index is -0.369. The van der Waals surface area contributed by atoms with Crippen molar-refractivity contribution in [2.75, 3.05) is 26.2 Å². The average Bonchev–Trinajstić information content (AvgIpc) is 3.24. The molecule has 0 saturated carbocycles. The molecule has 7 heteroatoms. The van der Waals surface area contributed by atoms with Crippen LogP contribution in [0.1, 0.15) is 20.0 Å². The Morgan fingerprint density at radius 1 is 0.857 bits per heavy atom. The molecule has 0 atom stereocenters. The van der Waals surface area contributed by atoms with Gasteiger partial charge in [-0.3, -0.25) is 9.59 Å². The van der Waals surface area contributed by atoms with Crippen LogP contribution in [0.2, 0.25) is 0 Å². The van der Waals surface area contributed by atoms with Gasteiger partial charge in [-0.1, -0.05) is 30.3 Å². The summed E-state index contributed by atoms with van der Waals surface area (Å²) in [5.74, 6) is -0.573. The fraction of sp³-hybridized carbons (Fsp3) is 0.190. The molecular weight excluding hydrogens is 377 g/mol. The molecule has 28 heavy (non-hydrogen) atoms. The third kappa shape index (κ3) is 3.80. The van der Waals surface area contributed by atoms with Crippen LogP contribution >= 0.6 is 11.3 Å². The van der Waals surface area contributed by atoms with Gasteiger partial charge in [0.15, 0.2) is 0 Å². The molecule has 2 heterocycles. The van der Waals surface area contributed by atoms with Crippen LogP contribution in [0.5, 0.6) is 0 Å². The number of hydrogen-bond donors (Lipinski definition) is 0. The number of carbonyl (C=O) groups is 2. The molecule has 0 N–H and O–H groups in total. The smallest absolute Gasteiger partial charge is 0.265 e. The Balaban J connectivity index is 1.38. The first-order valence-corrected chi connectivity index (χ1v) is 9.79. The first-order valence-electron chi connectivity index (χ1n) is 8.97. The Morgan fingerprint density at radius 2 is 1.46 bits per heavy atom. The monoisotopic (exact) mass is 395 g/mol. The number of piperazine rings is 1. The second-order valence-corrected chi connectivity index (χ2v) is 7.52. The summed E-state index contributed by atoms with van der Waals surface area (Å²) in [5, 5.41) is 0.814. The third-order valence-electron chi connectivity index (χ3n) is 4.68. The minimum absolute atomic E-state index is 0.0615. The van der Waals surface area contributed by atoms with Crippen molar-refractivity contribution in [2.24, 2.45) is 0 Å². The van der Waals surface area contributed by atoms with Crippen molar-refractivity contribution < 1.29 is 14.0 Å². The highest BCUT2D eigenvalue weighted by Crippen LogP contribution is 2.26. The molecule has 1 aromatic heterocycles. The Morgan fingerprint density at radius 3 is 2.11 bits per heavy atom. The summed E-state index contributed by atoms with van der Waals surface area (Å²) in [7, 11) is 0. The number of hydrogen-bond acceptors (Lipinski definition) is 4. The van der Waals surface area contributed by atoms with Crippen LogP contribution in [-0.4, -0.2) is 52.8 Å². The third-order valence-corrected chi connectivity index (χ3v) is 5.72. The van der Waals surface area contributed by atoms with E-state index in [-0.39, 0.29) is 17.6 Å². The normalized spacial score (nSPS) is 14.2. The van der Waals surface area contributed by atoms with Crippen molar-refractivity contribution in [2.45, 2.75) is 0 Å². The second kappa shape index (κ2) is 7.90. The number of aromatic nitrogens is 1. The molecule has 2 amide bonds. The molecule has 1 saturated heterocycles. The van der Waals surface area contributed by atoms with Crippen LogP contribution in [0.25, 0.3) is 10.6 Å². The molecule has 142 valence electrons. The van der Waals surface area contributed by atoms with E-state index in [0.29, 0.717) is 36.6 Å². The number of benzene rings is 2. The number of rotatable bonds is 3. The number of carbonyl (C=O) groups excluding carboxylic acids is 2. The highest BCUT2D eigenvalue weighted by molar-refractivity contribution is 7.16. The zero-order valence-electron chi connectivity index (χ0n) is 15.0. The van der Waals surface area contributed by atoms with Gasteiger partial charge in [-0.2, -0.15) is 0 Å². The van der Waals surface area contributed by atoms with E-state index in [1.165, 1.54) is 35.6 Å². The first-order chi connectivity index (χ1) is 13.6. The van der Waals surface area contributed by atoms with Crippen LogP contribution < -0.4 is 0 Å². The summed E-state index contributed by atoms with van der Waals surface area (Å²) < 4.78 is 13.0. The number of amides is 2. The first kappa shape index (κ1) is 18.3. The quantitative estimate of drug-likeness (QED) is 0.682. The summed E-state index contributed by atoms with van der Waals surface area (Å²) in [6.07, 6.45) is 1.62. The summed E-state index contributed by atoms with van der Waals surface area (Å²) in [6.45, 7) is 1.83. The average molecular weight is 395 g/mol. The van der Waals surface area contributed by atoms with Gasteiger partial charge in [0.05, 0.1) is 6.20 Å². The Hall–Kier alpha value is -3.06. The van der Waals surface area contributed by atoms with E-state index in [4.69, 9.17) is 0 Å². The maximum atomic E-state index is 13.0. The van der Waals surface area contributed by atoms with Crippen molar-refractivity contribution >= 4 is 23.2 Å². The van der Waals surface area contributed by atoms with Gasteiger partial charge in [0.1, 0.15) is 15.7 Å². The second-order valence-electron chi connectivity index (χ2n) is 6.49. The summed E-state index contributed by atoms with van der Waals surface area (Å²) in [4.78, 5) is 33.7. The zero-order chi connectivity index (χ0) is 19.5. The molecule has 0 bridgehead atoms. The Bertz CT molecular complexity index is 980. The molecule has 1 aliphatic heterocycles. The van der Waals surface area contributed by atoms with Crippen LogP contribution in [0.15, 0.2) is 60.8 Å². The van der Waals surface area contributed by atoms with Gasteiger partial charge >= 0.3 is 0 Å². The maximum absolute atomic E-state index is 13.0. The SMILES string of the molecule is O=C(c1ccc(F)cc1)N1CCN(C(=O)c2cnc(-c3ccccc3)s2)CC1. The van der Waals surface area contributed by atoms with Crippen molar-refractivity contribution in [3.63, 3.8) is 0 Å². The largest absolute Gasteiger partial charge is 0.335 e. The predicted octanol–water partition coefficient (Wildman–Crippen LogP) is 3.55. The molecule has 3 aromatic rings. The van der Waals surface area contributed by atoms with Gasteiger partial charge in [-0.15, -0.1) is 11.3 Å². The van der Waals surface area contributed by atoms with Crippen molar-refractivity contribution in [3.8, 4) is 10.6 Å².